The first kappa shape index (κ1) is 14.0. The molecule has 4 nitrogen and oxygen atoms in total. The van der Waals surface area contributed by atoms with Crippen molar-refractivity contribution in [1.82, 2.24) is 15.0 Å². The van der Waals surface area contributed by atoms with Crippen LogP contribution in [-0.4, -0.2) is 20.1 Å². The number of rotatable bonds is 3. The van der Waals surface area contributed by atoms with Gasteiger partial charge in [0, 0.05) is 4.47 Å². The highest BCUT2D eigenvalue weighted by Crippen LogP contribution is 2.27. The van der Waals surface area contributed by atoms with Crippen LogP contribution >= 0.6 is 15.9 Å². The fourth-order valence-corrected chi connectivity index (χ4v) is 2.78. The Morgan fingerprint density at radius 2 is 1.90 bits per heavy atom. The molecule has 0 aliphatic rings. The smallest absolute Gasteiger partial charge is 0.123 e. The quantitative estimate of drug-likeness (QED) is 0.792. The van der Waals surface area contributed by atoms with E-state index >= 15 is 0 Å². The highest BCUT2D eigenvalue weighted by Gasteiger charge is 2.19. The largest absolute Gasteiger partial charge is 0.382 e. The van der Waals surface area contributed by atoms with Crippen LogP contribution in [0.5, 0.6) is 0 Å². The average Bonchev–Trinajstić information content (AvgIpc) is 2.97. The Morgan fingerprint density at radius 1 is 1.14 bits per heavy atom. The highest BCUT2D eigenvalue weighted by molar-refractivity contribution is 9.10. The van der Waals surface area contributed by atoms with Crippen LogP contribution in [0.1, 0.15) is 22.9 Å². The zero-order chi connectivity index (χ0) is 14.8. The van der Waals surface area contributed by atoms with Gasteiger partial charge in [0.2, 0.25) is 0 Å². The van der Waals surface area contributed by atoms with Crippen LogP contribution in [0, 0.1) is 6.92 Å². The van der Waals surface area contributed by atoms with Gasteiger partial charge >= 0.3 is 0 Å². The molecule has 1 atom stereocenters. The van der Waals surface area contributed by atoms with E-state index in [1.54, 1.807) is 10.9 Å². The second kappa shape index (κ2) is 5.79. The summed E-state index contributed by atoms with van der Waals surface area (Å²) in [7, 11) is 0. The Labute approximate surface area is 131 Å². The van der Waals surface area contributed by atoms with Crippen LogP contribution < -0.4 is 0 Å². The minimum absolute atomic E-state index is 0.645. The number of halogens is 1. The first-order valence-electron chi connectivity index (χ1n) is 6.57. The lowest BCUT2D eigenvalue weighted by molar-refractivity contribution is 0.211. The van der Waals surface area contributed by atoms with Gasteiger partial charge in [0.05, 0.1) is 17.6 Å². The third-order valence-corrected chi connectivity index (χ3v) is 3.88. The van der Waals surface area contributed by atoms with Gasteiger partial charge in [-0.15, -0.1) is 5.10 Å². The van der Waals surface area contributed by atoms with Crippen molar-refractivity contribution in [2.75, 3.05) is 0 Å². The molecule has 0 fully saturated rings. The Hall–Kier alpha value is -1.98. The molecule has 21 heavy (non-hydrogen) atoms. The van der Waals surface area contributed by atoms with Crippen molar-refractivity contribution < 1.29 is 5.11 Å². The Balaban J connectivity index is 2.03. The molecule has 1 aromatic heterocycles. The lowest BCUT2D eigenvalue weighted by atomic mass is 10.0. The molecule has 1 N–H and O–H groups in total. The third-order valence-electron chi connectivity index (χ3n) is 3.38. The van der Waals surface area contributed by atoms with E-state index in [9.17, 15) is 5.11 Å². The number of para-hydroxylation sites is 1. The number of benzene rings is 2. The maximum Gasteiger partial charge on any atom is 0.123 e. The monoisotopic (exact) mass is 343 g/mol. The van der Waals surface area contributed by atoms with E-state index in [0.29, 0.717) is 5.69 Å². The second-order valence-electron chi connectivity index (χ2n) is 4.81. The number of hydrogen-bond donors (Lipinski definition) is 1. The van der Waals surface area contributed by atoms with Crippen molar-refractivity contribution in [2.45, 2.75) is 13.0 Å². The highest BCUT2D eigenvalue weighted by atomic mass is 79.9. The summed E-state index contributed by atoms with van der Waals surface area (Å²) in [6, 6.07) is 15.5. The van der Waals surface area contributed by atoms with E-state index in [0.717, 1.165) is 21.3 Å². The van der Waals surface area contributed by atoms with Gasteiger partial charge in [0.25, 0.3) is 0 Å². The van der Waals surface area contributed by atoms with Crippen molar-refractivity contribution in [3.05, 3.63) is 76.0 Å². The molecule has 0 saturated carbocycles. The fraction of sp³-hybridized carbons (Fsp3) is 0.125. The molecule has 1 unspecified atom stereocenters. The molecule has 1 heterocycles. The van der Waals surface area contributed by atoms with E-state index in [1.807, 2.05) is 55.5 Å². The van der Waals surface area contributed by atoms with Crippen LogP contribution in [0.25, 0.3) is 5.69 Å². The molecule has 3 aromatic rings. The zero-order valence-corrected chi connectivity index (χ0v) is 13.0. The average molecular weight is 344 g/mol. The van der Waals surface area contributed by atoms with Crippen LogP contribution in [0.15, 0.2) is 59.2 Å². The molecule has 0 saturated heterocycles. The van der Waals surface area contributed by atoms with Gasteiger partial charge in [0.15, 0.2) is 0 Å². The number of aryl methyl sites for hydroxylation is 1. The van der Waals surface area contributed by atoms with Crippen LogP contribution in [0.3, 0.4) is 0 Å². The zero-order valence-electron chi connectivity index (χ0n) is 11.4. The molecule has 0 bridgehead atoms. The van der Waals surface area contributed by atoms with E-state index < -0.39 is 6.10 Å². The van der Waals surface area contributed by atoms with Gasteiger partial charge in [0.1, 0.15) is 6.10 Å². The van der Waals surface area contributed by atoms with Crippen molar-refractivity contribution in [2.24, 2.45) is 0 Å². The second-order valence-corrected chi connectivity index (χ2v) is 5.73. The maximum absolute atomic E-state index is 10.7. The first-order chi connectivity index (χ1) is 10.2. The van der Waals surface area contributed by atoms with Gasteiger partial charge in [-0.2, -0.15) is 0 Å². The van der Waals surface area contributed by atoms with Gasteiger partial charge in [-0.1, -0.05) is 45.4 Å². The minimum atomic E-state index is -0.770. The fourth-order valence-electron chi connectivity index (χ4n) is 2.30. The minimum Gasteiger partial charge on any atom is -0.382 e. The van der Waals surface area contributed by atoms with Gasteiger partial charge in [-0.3, -0.25) is 0 Å². The molecule has 0 spiro atoms. The maximum atomic E-state index is 10.7. The summed E-state index contributed by atoms with van der Waals surface area (Å²) in [4.78, 5) is 0. The standard InChI is InChI=1S/C16H14BrN3O/c1-11-9-12(17)7-8-14(11)16(21)15-10-18-19-20(15)13-5-3-2-4-6-13/h2-10,16,21H,1H3. The summed E-state index contributed by atoms with van der Waals surface area (Å²) in [6.45, 7) is 1.97. The first-order valence-corrected chi connectivity index (χ1v) is 7.36. The Kier molecular flexibility index (Phi) is 3.86. The molecule has 0 amide bonds. The van der Waals surface area contributed by atoms with Crippen molar-refractivity contribution >= 4 is 15.9 Å². The molecule has 5 heteroatoms. The van der Waals surface area contributed by atoms with Crippen LogP contribution in [0.2, 0.25) is 0 Å². The molecule has 0 aliphatic heterocycles. The number of aliphatic hydroxyl groups is 1. The van der Waals surface area contributed by atoms with E-state index in [1.165, 1.54) is 0 Å². The summed E-state index contributed by atoms with van der Waals surface area (Å²) in [5.41, 5.74) is 3.38. The molecule has 106 valence electrons. The number of aliphatic hydroxyl groups excluding tert-OH is 1. The normalized spacial score (nSPS) is 12.3. The van der Waals surface area contributed by atoms with Crippen LogP contribution in [-0.2, 0) is 0 Å². The molecule has 0 radical (unpaired) electrons. The summed E-state index contributed by atoms with van der Waals surface area (Å²) < 4.78 is 2.65. The predicted octanol–water partition coefficient (Wildman–Crippen LogP) is 3.42. The molecular weight excluding hydrogens is 330 g/mol. The number of hydrogen-bond acceptors (Lipinski definition) is 3. The summed E-state index contributed by atoms with van der Waals surface area (Å²) in [6.07, 6.45) is 0.826. The lowest BCUT2D eigenvalue weighted by Crippen LogP contribution is -2.09. The van der Waals surface area contributed by atoms with Crippen molar-refractivity contribution in [3.8, 4) is 5.69 Å². The SMILES string of the molecule is Cc1cc(Br)ccc1C(O)c1cnnn1-c1ccccc1. The number of nitrogens with zero attached hydrogens (tertiary/aromatic N) is 3. The molecule has 2 aromatic carbocycles. The van der Waals surface area contributed by atoms with Gasteiger partial charge in [-0.05, 0) is 42.3 Å². The van der Waals surface area contributed by atoms with Gasteiger partial charge < -0.3 is 5.11 Å². The van der Waals surface area contributed by atoms with Crippen LogP contribution in [0.4, 0.5) is 0 Å². The Morgan fingerprint density at radius 3 is 2.62 bits per heavy atom. The molecule has 3 rings (SSSR count). The van der Waals surface area contributed by atoms with Crippen molar-refractivity contribution in [1.29, 1.82) is 0 Å². The van der Waals surface area contributed by atoms with Gasteiger partial charge in [-0.25, -0.2) is 4.68 Å². The molecular formula is C16H14BrN3O. The van der Waals surface area contributed by atoms with Crippen molar-refractivity contribution in [3.63, 3.8) is 0 Å². The third kappa shape index (κ3) is 2.75. The summed E-state index contributed by atoms with van der Waals surface area (Å²) in [5, 5.41) is 18.7. The Bertz CT molecular complexity index is 755. The van der Waals surface area contributed by atoms with E-state index in [4.69, 9.17) is 0 Å². The lowest BCUT2D eigenvalue weighted by Gasteiger charge is -2.15. The topological polar surface area (TPSA) is 50.9 Å². The van der Waals surface area contributed by atoms with E-state index in [2.05, 4.69) is 26.2 Å². The summed E-state index contributed by atoms with van der Waals surface area (Å²) >= 11 is 3.43. The molecule has 0 aliphatic carbocycles. The predicted molar refractivity (Wildman–Crippen MR) is 84.3 cm³/mol. The number of aromatic nitrogens is 3. The summed E-state index contributed by atoms with van der Waals surface area (Å²) in [5.74, 6) is 0. The van der Waals surface area contributed by atoms with E-state index in [-0.39, 0.29) is 0 Å².